The second-order valence-corrected chi connectivity index (χ2v) is 7.45. The fourth-order valence-corrected chi connectivity index (χ4v) is 3.47. The average molecular weight is 384 g/mol. The van der Waals surface area contributed by atoms with Crippen molar-refractivity contribution < 1.29 is 19.1 Å². The van der Waals surface area contributed by atoms with E-state index in [2.05, 4.69) is 16.7 Å². The Bertz CT molecular complexity index is 763. The van der Waals surface area contributed by atoms with Gasteiger partial charge in [-0.1, -0.05) is 11.6 Å². The summed E-state index contributed by atoms with van der Waals surface area (Å²) in [4.78, 5) is 36.9. The first-order chi connectivity index (χ1) is 13.5. The SMILES string of the molecule is CCOC(=O)c1ccc(NC(=O)C2(C(=O)NCCC3=CCCCC3)CC2)cc1. The summed E-state index contributed by atoms with van der Waals surface area (Å²) >= 11 is 0. The first-order valence-electron chi connectivity index (χ1n) is 10.1. The summed E-state index contributed by atoms with van der Waals surface area (Å²) < 4.78 is 4.94. The molecule has 0 atom stereocenters. The van der Waals surface area contributed by atoms with Crippen LogP contribution in [0.5, 0.6) is 0 Å². The van der Waals surface area contributed by atoms with Crippen molar-refractivity contribution in [3.05, 3.63) is 41.5 Å². The molecule has 2 amide bonds. The van der Waals surface area contributed by atoms with Crippen molar-refractivity contribution in [2.75, 3.05) is 18.5 Å². The predicted octanol–water partition coefficient (Wildman–Crippen LogP) is 3.59. The van der Waals surface area contributed by atoms with Crippen LogP contribution in [0.25, 0.3) is 0 Å². The molecule has 3 rings (SSSR count). The topological polar surface area (TPSA) is 84.5 Å². The molecule has 1 saturated carbocycles. The molecule has 2 N–H and O–H groups in total. The van der Waals surface area contributed by atoms with E-state index in [0.717, 1.165) is 19.3 Å². The van der Waals surface area contributed by atoms with E-state index in [4.69, 9.17) is 4.74 Å². The van der Waals surface area contributed by atoms with Crippen LogP contribution in [0.1, 0.15) is 62.2 Å². The molecule has 0 spiro atoms. The summed E-state index contributed by atoms with van der Waals surface area (Å²) in [6, 6.07) is 6.50. The smallest absolute Gasteiger partial charge is 0.338 e. The number of nitrogens with one attached hydrogen (secondary N) is 2. The second kappa shape index (κ2) is 9.04. The van der Waals surface area contributed by atoms with Gasteiger partial charge in [-0.05, 0) is 76.1 Å². The molecule has 2 aliphatic rings. The van der Waals surface area contributed by atoms with Gasteiger partial charge < -0.3 is 15.4 Å². The number of amides is 2. The van der Waals surface area contributed by atoms with Crippen molar-refractivity contribution in [1.82, 2.24) is 5.32 Å². The Hall–Kier alpha value is -2.63. The summed E-state index contributed by atoms with van der Waals surface area (Å²) in [5.74, 6) is -0.873. The van der Waals surface area contributed by atoms with Crippen molar-refractivity contribution >= 4 is 23.5 Å². The van der Waals surface area contributed by atoms with Gasteiger partial charge in [0.25, 0.3) is 0 Å². The number of esters is 1. The van der Waals surface area contributed by atoms with E-state index < -0.39 is 11.4 Å². The molecule has 1 aromatic carbocycles. The Balaban J connectivity index is 1.50. The number of benzene rings is 1. The Morgan fingerprint density at radius 2 is 1.82 bits per heavy atom. The third kappa shape index (κ3) is 4.80. The fourth-order valence-electron chi connectivity index (χ4n) is 3.47. The van der Waals surface area contributed by atoms with Crippen LogP contribution in [0.3, 0.4) is 0 Å². The molecule has 1 fully saturated rings. The van der Waals surface area contributed by atoms with Gasteiger partial charge in [0.05, 0.1) is 12.2 Å². The molecule has 0 bridgehead atoms. The van der Waals surface area contributed by atoms with Crippen LogP contribution in [0.15, 0.2) is 35.9 Å². The highest BCUT2D eigenvalue weighted by atomic mass is 16.5. The first kappa shape index (κ1) is 20.1. The van der Waals surface area contributed by atoms with E-state index >= 15 is 0 Å². The average Bonchev–Trinajstić information content (AvgIpc) is 3.52. The van der Waals surface area contributed by atoms with Crippen LogP contribution in [0.4, 0.5) is 5.69 Å². The maximum atomic E-state index is 12.6. The first-order valence-corrected chi connectivity index (χ1v) is 10.1. The molecular formula is C22H28N2O4. The van der Waals surface area contributed by atoms with Crippen molar-refractivity contribution in [3.8, 4) is 0 Å². The molecule has 0 radical (unpaired) electrons. The third-order valence-corrected chi connectivity index (χ3v) is 5.39. The zero-order valence-corrected chi connectivity index (χ0v) is 16.4. The molecule has 150 valence electrons. The van der Waals surface area contributed by atoms with Crippen LogP contribution in [-0.4, -0.2) is 30.9 Å². The van der Waals surface area contributed by atoms with Crippen LogP contribution in [0, 0.1) is 5.41 Å². The third-order valence-electron chi connectivity index (χ3n) is 5.39. The highest BCUT2D eigenvalue weighted by Gasteiger charge is 2.56. The minimum atomic E-state index is -0.958. The van der Waals surface area contributed by atoms with Crippen molar-refractivity contribution in [3.63, 3.8) is 0 Å². The molecular weight excluding hydrogens is 356 g/mol. The Morgan fingerprint density at radius 1 is 1.07 bits per heavy atom. The lowest BCUT2D eigenvalue weighted by Gasteiger charge is -2.17. The van der Waals surface area contributed by atoms with Gasteiger partial charge in [0.2, 0.25) is 11.8 Å². The Labute approximate surface area is 165 Å². The van der Waals surface area contributed by atoms with Crippen LogP contribution in [-0.2, 0) is 14.3 Å². The highest BCUT2D eigenvalue weighted by Crippen LogP contribution is 2.46. The molecule has 0 aliphatic heterocycles. The molecule has 6 nitrogen and oxygen atoms in total. The minimum absolute atomic E-state index is 0.190. The number of carbonyl (C=O) groups excluding carboxylic acids is 3. The summed E-state index contributed by atoms with van der Waals surface area (Å²) in [6.45, 7) is 2.64. The lowest BCUT2D eigenvalue weighted by molar-refractivity contribution is -0.134. The maximum absolute atomic E-state index is 12.6. The molecule has 2 aliphatic carbocycles. The summed E-state index contributed by atoms with van der Waals surface area (Å²) in [5, 5.41) is 5.74. The zero-order valence-electron chi connectivity index (χ0n) is 16.4. The summed E-state index contributed by atoms with van der Waals surface area (Å²) in [6.07, 6.45) is 8.98. The van der Waals surface area contributed by atoms with Crippen LogP contribution < -0.4 is 10.6 Å². The monoisotopic (exact) mass is 384 g/mol. The minimum Gasteiger partial charge on any atom is -0.462 e. The van der Waals surface area contributed by atoms with Gasteiger partial charge in [0.1, 0.15) is 5.41 Å². The molecule has 6 heteroatoms. The van der Waals surface area contributed by atoms with Gasteiger partial charge in [-0.2, -0.15) is 0 Å². The normalized spacial score (nSPS) is 17.2. The number of hydrogen-bond donors (Lipinski definition) is 2. The van der Waals surface area contributed by atoms with Gasteiger partial charge in [0.15, 0.2) is 0 Å². The Kier molecular flexibility index (Phi) is 6.49. The van der Waals surface area contributed by atoms with E-state index in [9.17, 15) is 14.4 Å². The van der Waals surface area contributed by atoms with E-state index in [1.165, 1.54) is 18.4 Å². The zero-order chi connectivity index (χ0) is 20.0. The van der Waals surface area contributed by atoms with Crippen LogP contribution in [0.2, 0.25) is 0 Å². The van der Waals surface area contributed by atoms with Crippen molar-refractivity contribution in [2.45, 2.75) is 51.9 Å². The molecule has 0 unspecified atom stereocenters. The lowest BCUT2D eigenvalue weighted by Crippen LogP contribution is -2.40. The predicted molar refractivity (Wildman–Crippen MR) is 107 cm³/mol. The van der Waals surface area contributed by atoms with E-state index in [0.29, 0.717) is 37.2 Å². The number of rotatable bonds is 8. The molecule has 0 aromatic heterocycles. The number of ether oxygens (including phenoxy) is 1. The van der Waals surface area contributed by atoms with Gasteiger partial charge in [-0.3, -0.25) is 9.59 Å². The second-order valence-electron chi connectivity index (χ2n) is 7.45. The standard InChI is InChI=1S/C22H28N2O4/c1-2-28-19(25)17-8-10-18(11-9-17)24-21(27)22(13-14-22)20(26)23-15-12-16-6-4-3-5-7-16/h6,8-11H,2-5,7,12-15H2,1H3,(H,23,26)(H,24,27). The lowest BCUT2D eigenvalue weighted by atomic mass is 9.97. The van der Waals surface area contributed by atoms with Gasteiger partial charge in [-0.15, -0.1) is 0 Å². The van der Waals surface area contributed by atoms with Gasteiger partial charge in [0, 0.05) is 12.2 Å². The number of hydrogen-bond acceptors (Lipinski definition) is 4. The highest BCUT2D eigenvalue weighted by molar-refractivity contribution is 6.13. The molecule has 28 heavy (non-hydrogen) atoms. The fraction of sp³-hybridized carbons (Fsp3) is 0.500. The van der Waals surface area contributed by atoms with Gasteiger partial charge in [-0.25, -0.2) is 4.79 Å². The molecule has 0 heterocycles. The largest absolute Gasteiger partial charge is 0.462 e. The van der Waals surface area contributed by atoms with Crippen molar-refractivity contribution in [1.29, 1.82) is 0 Å². The van der Waals surface area contributed by atoms with E-state index in [1.807, 2.05) is 0 Å². The van der Waals surface area contributed by atoms with E-state index in [-0.39, 0.29) is 11.8 Å². The Morgan fingerprint density at radius 3 is 2.43 bits per heavy atom. The quantitative estimate of drug-likeness (QED) is 0.407. The molecule has 1 aromatic rings. The maximum Gasteiger partial charge on any atom is 0.338 e. The van der Waals surface area contributed by atoms with Crippen molar-refractivity contribution in [2.24, 2.45) is 5.41 Å². The van der Waals surface area contributed by atoms with Crippen LogP contribution >= 0.6 is 0 Å². The summed E-state index contributed by atoms with van der Waals surface area (Å²) in [5.41, 5.74) is 1.43. The number of carbonyl (C=O) groups is 3. The number of anilines is 1. The molecule has 0 saturated heterocycles. The number of allylic oxidation sites excluding steroid dienone is 1. The summed E-state index contributed by atoms with van der Waals surface area (Å²) in [7, 11) is 0. The van der Waals surface area contributed by atoms with Gasteiger partial charge >= 0.3 is 5.97 Å². The van der Waals surface area contributed by atoms with E-state index in [1.54, 1.807) is 31.2 Å².